The maximum atomic E-state index is 12.6. The molecule has 0 aliphatic heterocycles. The Hall–Kier alpha value is -2.51. The first-order chi connectivity index (χ1) is 9.94. The first-order valence-corrected chi connectivity index (χ1v) is 6.59. The molecule has 0 aliphatic rings. The van der Waals surface area contributed by atoms with Crippen molar-refractivity contribution >= 4 is 17.0 Å². The van der Waals surface area contributed by atoms with Gasteiger partial charge >= 0.3 is 6.18 Å². The lowest BCUT2D eigenvalue weighted by molar-refractivity contribution is -0.137. The Morgan fingerprint density at radius 1 is 1.10 bits per heavy atom. The summed E-state index contributed by atoms with van der Waals surface area (Å²) in [5.41, 5.74) is -0.591. The van der Waals surface area contributed by atoms with E-state index >= 15 is 0 Å². The van der Waals surface area contributed by atoms with E-state index in [2.05, 4.69) is 5.32 Å². The van der Waals surface area contributed by atoms with E-state index in [0.29, 0.717) is 17.1 Å². The van der Waals surface area contributed by atoms with Gasteiger partial charge in [0.05, 0.1) is 16.8 Å². The summed E-state index contributed by atoms with van der Waals surface area (Å²) in [6.45, 7) is 0.340. The quantitative estimate of drug-likeness (QED) is 0.927. The van der Waals surface area contributed by atoms with Crippen LogP contribution in [0.15, 0.2) is 30.3 Å². The third-order valence-electron chi connectivity index (χ3n) is 2.69. The molecule has 2 rings (SSSR count). The predicted molar refractivity (Wildman–Crippen MR) is 72.5 cm³/mol. The minimum atomic E-state index is -4.47. The molecule has 7 heteroatoms. The smallest absolute Gasteiger partial charge is 0.379 e. The van der Waals surface area contributed by atoms with Gasteiger partial charge < -0.3 is 5.32 Å². The highest BCUT2D eigenvalue weighted by molar-refractivity contribution is 7.12. The van der Waals surface area contributed by atoms with E-state index in [1.807, 2.05) is 6.07 Å². The van der Waals surface area contributed by atoms with Gasteiger partial charge in [0.2, 0.25) is 0 Å². The van der Waals surface area contributed by atoms with Crippen molar-refractivity contribution in [3.8, 4) is 12.1 Å². The minimum Gasteiger partial charge on any atom is -0.379 e. The van der Waals surface area contributed by atoms with Gasteiger partial charge in [0.15, 0.2) is 0 Å². The summed E-state index contributed by atoms with van der Waals surface area (Å²) in [4.78, 5) is 1.41. The van der Waals surface area contributed by atoms with Gasteiger partial charge in [-0.1, -0.05) is 0 Å². The lowest BCUT2D eigenvalue weighted by Gasteiger charge is -2.11. The van der Waals surface area contributed by atoms with Crippen molar-refractivity contribution in [1.82, 2.24) is 0 Å². The highest BCUT2D eigenvalue weighted by Crippen LogP contribution is 2.31. The van der Waals surface area contributed by atoms with Gasteiger partial charge in [0, 0.05) is 11.4 Å². The monoisotopic (exact) mass is 307 g/mol. The second-order valence-corrected chi connectivity index (χ2v) is 5.27. The molecule has 2 aromatic rings. The first-order valence-electron chi connectivity index (χ1n) is 5.78. The van der Waals surface area contributed by atoms with E-state index in [9.17, 15) is 13.2 Å². The van der Waals surface area contributed by atoms with Crippen LogP contribution in [-0.4, -0.2) is 0 Å². The van der Waals surface area contributed by atoms with Crippen molar-refractivity contribution in [3.05, 3.63) is 51.2 Å². The fourth-order valence-electron chi connectivity index (χ4n) is 1.68. The van der Waals surface area contributed by atoms with Crippen LogP contribution in [0.2, 0.25) is 0 Å². The summed E-state index contributed by atoms with van der Waals surface area (Å²) >= 11 is 1.29. The number of benzene rings is 1. The molecule has 0 aliphatic carbocycles. The molecule has 1 aromatic heterocycles. The molecule has 0 unspecified atom stereocenters. The van der Waals surface area contributed by atoms with Crippen molar-refractivity contribution in [2.24, 2.45) is 0 Å². The summed E-state index contributed by atoms with van der Waals surface area (Å²) < 4.78 is 37.7. The molecule has 0 amide bonds. The van der Waals surface area contributed by atoms with Crippen LogP contribution in [0.25, 0.3) is 0 Å². The lowest BCUT2D eigenvalue weighted by atomic mass is 10.1. The van der Waals surface area contributed by atoms with E-state index in [-0.39, 0.29) is 5.56 Å². The predicted octanol–water partition coefficient (Wildman–Crippen LogP) is 4.12. The Balaban J connectivity index is 2.17. The van der Waals surface area contributed by atoms with Crippen molar-refractivity contribution in [2.45, 2.75) is 12.7 Å². The fourth-order valence-corrected chi connectivity index (χ4v) is 2.43. The highest BCUT2D eigenvalue weighted by atomic mass is 32.1. The fraction of sp³-hybridized carbons (Fsp3) is 0.143. The second-order valence-electron chi connectivity index (χ2n) is 4.10. The average Bonchev–Trinajstić information content (AvgIpc) is 2.92. The molecule has 0 bridgehead atoms. The Labute approximate surface area is 122 Å². The molecule has 3 nitrogen and oxygen atoms in total. The Morgan fingerprint density at radius 2 is 1.86 bits per heavy atom. The Kier molecular flexibility index (Phi) is 4.15. The summed E-state index contributed by atoms with van der Waals surface area (Å²) in [6, 6.07) is 10.2. The maximum Gasteiger partial charge on any atom is 0.416 e. The van der Waals surface area contributed by atoms with Gasteiger partial charge in [-0.15, -0.1) is 11.3 Å². The Morgan fingerprint density at radius 3 is 2.43 bits per heavy atom. The third-order valence-corrected chi connectivity index (χ3v) is 3.68. The van der Waals surface area contributed by atoms with E-state index in [1.54, 1.807) is 18.2 Å². The number of hydrogen-bond acceptors (Lipinski definition) is 4. The van der Waals surface area contributed by atoms with E-state index in [4.69, 9.17) is 10.5 Å². The zero-order chi connectivity index (χ0) is 15.5. The molecule has 1 N–H and O–H groups in total. The number of thiophene rings is 1. The number of halogens is 3. The normalized spacial score (nSPS) is 10.7. The molecule has 0 saturated heterocycles. The summed E-state index contributed by atoms with van der Waals surface area (Å²) in [7, 11) is 0. The van der Waals surface area contributed by atoms with Gasteiger partial charge in [-0.05, 0) is 30.3 Å². The number of nitrogens with one attached hydrogen (secondary N) is 1. The van der Waals surface area contributed by atoms with E-state index in [1.165, 1.54) is 17.4 Å². The van der Waals surface area contributed by atoms with Crippen LogP contribution in [0, 0.1) is 22.7 Å². The van der Waals surface area contributed by atoms with Gasteiger partial charge in [-0.2, -0.15) is 23.7 Å². The summed E-state index contributed by atoms with van der Waals surface area (Å²) in [5, 5.41) is 20.6. The van der Waals surface area contributed by atoms with E-state index < -0.39 is 11.7 Å². The van der Waals surface area contributed by atoms with Crippen molar-refractivity contribution in [1.29, 1.82) is 10.5 Å². The number of nitrogens with zero attached hydrogens (tertiary/aromatic N) is 2. The molecule has 1 aromatic carbocycles. The van der Waals surface area contributed by atoms with Crippen LogP contribution in [0.5, 0.6) is 0 Å². The van der Waals surface area contributed by atoms with Gasteiger partial charge in [-0.25, -0.2) is 0 Å². The van der Waals surface area contributed by atoms with E-state index in [0.717, 1.165) is 17.0 Å². The molecule has 1 heterocycles. The van der Waals surface area contributed by atoms with Crippen molar-refractivity contribution in [2.75, 3.05) is 5.32 Å². The molecule has 0 radical (unpaired) electrons. The molecular weight excluding hydrogens is 299 g/mol. The molecule has 0 saturated carbocycles. The number of nitriles is 2. The molecule has 0 atom stereocenters. The van der Waals surface area contributed by atoms with Crippen molar-refractivity contribution < 1.29 is 13.2 Å². The largest absolute Gasteiger partial charge is 0.416 e. The zero-order valence-corrected chi connectivity index (χ0v) is 11.3. The third kappa shape index (κ3) is 3.53. The average molecular weight is 307 g/mol. The van der Waals surface area contributed by atoms with Crippen LogP contribution < -0.4 is 5.32 Å². The van der Waals surface area contributed by atoms with Gasteiger partial charge in [0.1, 0.15) is 17.0 Å². The first kappa shape index (κ1) is 14.9. The topological polar surface area (TPSA) is 59.6 Å². The number of hydrogen-bond donors (Lipinski definition) is 1. The van der Waals surface area contributed by atoms with Gasteiger partial charge in [-0.3, -0.25) is 0 Å². The van der Waals surface area contributed by atoms with Gasteiger partial charge in [0.25, 0.3) is 0 Å². The van der Waals surface area contributed by atoms with Crippen LogP contribution in [0.1, 0.15) is 20.9 Å². The minimum absolute atomic E-state index is 0.0677. The summed E-state index contributed by atoms with van der Waals surface area (Å²) in [5.74, 6) is 0. The molecule has 0 spiro atoms. The van der Waals surface area contributed by atoms with Crippen LogP contribution in [0.3, 0.4) is 0 Å². The second kappa shape index (κ2) is 5.86. The molecular formula is C14H8F3N3S. The summed E-state index contributed by atoms with van der Waals surface area (Å²) in [6.07, 6.45) is -4.47. The number of rotatable bonds is 3. The number of alkyl halides is 3. The maximum absolute atomic E-state index is 12.6. The Bertz CT molecular complexity index is 735. The molecule has 0 fully saturated rings. The standard InChI is InChI=1S/C14H8F3N3S/c15-14(16,17)10-1-4-13(9(5-10)6-18)20-8-12-3-2-11(7-19)21-12/h1-5,20H,8H2. The number of anilines is 1. The molecule has 21 heavy (non-hydrogen) atoms. The lowest BCUT2D eigenvalue weighted by Crippen LogP contribution is -2.07. The molecule has 106 valence electrons. The zero-order valence-electron chi connectivity index (χ0n) is 10.5. The van der Waals surface area contributed by atoms with Crippen LogP contribution in [-0.2, 0) is 12.7 Å². The van der Waals surface area contributed by atoms with Crippen LogP contribution in [0.4, 0.5) is 18.9 Å². The van der Waals surface area contributed by atoms with Crippen molar-refractivity contribution in [3.63, 3.8) is 0 Å². The highest BCUT2D eigenvalue weighted by Gasteiger charge is 2.31. The SMILES string of the molecule is N#Cc1ccc(CNc2ccc(C(F)(F)F)cc2C#N)s1. The van der Waals surface area contributed by atoms with Crippen LogP contribution >= 0.6 is 11.3 Å².